The number of hydrogen-bond acceptors (Lipinski definition) is 3. The van der Waals surface area contributed by atoms with Gasteiger partial charge in [-0.3, -0.25) is 0 Å². The Morgan fingerprint density at radius 2 is 2.09 bits per heavy atom. The Morgan fingerprint density at radius 1 is 1.23 bits per heavy atom. The number of rotatable bonds is 3. The van der Waals surface area contributed by atoms with E-state index in [1.165, 1.54) is 5.56 Å². The minimum Gasteiger partial charge on any atom is -0.496 e. The van der Waals surface area contributed by atoms with E-state index in [1.54, 1.807) is 13.3 Å². The monoisotopic (exact) mass is 295 g/mol. The van der Waals surface area contributed by atoms with Gasteiger partial charge in [0.1, 0.15) is 17.6 Å². The molecule has 0 spiro atoms. The lowest BCUT2D eigenvalue weighted by atomic mass is 10.00. The third-order valence-corrected chi connectivity index (χ3v) is 4.09. The fraction of sp³-hybridized carbons (Fsp3) is 0.263. The molecule has 114 valence electrons. The van der Waals surface area contributed by atoms with Crippen molar-refractivity contribution in [1.29, 1.82) is 0 Å². The Balaban J connectivity index is 1.84. The highest BCUT2D eigenvalue weighted by Crippen LogP contribution is 2.28. The van der Waals surface area contributed by atoms with Crippen molar-refractivity contribution in [1.82, 2.24) is 0 Å². The Kier molecular flexibility index (Phi) is 4.33. The van der Waals surface area contributed by atoms with E-state index in [4.69, 9.17) is 15.2 Å². The van der Waals surface area contributed by atoms with Crippen molar-refractivity contribution in [3.63, 3.8) is 0 Å². The second kappa shape index (κ2) is 6.56. The third-order valence-electron chi connectivity index (χ3n) is 4.09. The van der Waals surface area contributed by atoms with Crippen LogP contribution in [0.5, 0.6) is 11.5 Å². The second-order valence-corrected chi connectivity index (χ2v) is 5.46. The molecule has 2 N–H and O–H groups in total. The second-order valence-electron chi connectivity index (χ2n) is 5.46. The van der Waals surface area contributed by atoms with Crippen LogP contribution >= 0.6 is 0 Å². The fourth-order valence-electron chi connectivity index (χ4n) is 2.90. The van der Waals surface area contributed by atoms with Crippen LogP contribution in [0.25, 0.3) is 12.3 Å². The zero-order valence-electron chi connectivity index (χ0n) is 12.8. The quantitative estimate of drug-likeness (QED) is 0.941. The molecular weight excluding hydrogens is 274 g/mol. The van der Waals surface area contributed by atoms with Crippen LogP contribution in [0.15, 0.2) is 42.5 Å². The van der Waals surface area contributed by atoms with Gasteiger partial charge in [0.2, 0.25) is 0 Å². The number of benzene rings is 2. The van der Waals surface area contributed by atoms with Crippen molar-refractivity contribution in [2.45, 2.75) is 25.4 Å². The van der Waals surface area contributed by atoms with Gasteiger partial charge >= 0.3 is 0 Å². The Bertz CT molecular complexity index is 767. The summed E-state index contributed by atoms with van der Waals surface area (Å²) in [4.78, 5) is 0. The lowest BCUT2D eigenvalue weighted by molar-refractivity contribution is 0.180. The molecule has 22 heavy (non-hydrogen) atoms. The number of ether oxygens (including phenoxy) is 2. The van der Waals surface area contributed by atoms with E-state index in [2.05, 4.69) is 18.2 Å². The summed E-state index contributed by atoms with van der Waals surface area (Å²) in [6.45, 7) is 0. The van der Waals surface area contributed by atoms with Gasteiger partial charge < -0.3 is 15.2 Å². The van der Waals surface area contributed by atoms with Crippen molar-refractivity contribution in [2.24, 2.45) is 5.73 Å². The van der Waals surface area contributed by atoms with Crippen LogP contribution < -0.4 is 25.6 Å². The van der Waals surface area contributed by atoms with Gasteiger partial charge in [-0.05, 0) is 30.5 Å². The predicted molar refractivity (Wildman–Crippen MR) is 89.2 cm³/mol. The Hall–Kier alpha value is -2.42. The molecule has 3 rings (SSSR count). The first kappa shape index (κ1) is 14.5. The molecule has 0 radical (unpaired) electrons. The number of nitrogens with two attached hydrogens (primary N) is 1. The maximum absolute atomic E-state index is 6.09. The lowest BCUT2D eigenvalue weighted by Crippen LogP contribution is -2.29. The van der Waals surface area contributed by atoms with Crippen molar-refractivity contribution >= 4 is 12.3 Å². The van der Waals surface area contributed by atoms with E-state index in [1.807, 2.05) is 30.3 Å². The summed E-state index contributed by atoms with van der Waals surface area (Å²) in [6.07, 6.45) is 6.92. The van der Waals surface area contributed by atoms with E-state index in [0.29, 0.717) is 0 Å². The molecule has 1 aliphatic rings. The molecule has 1 heterocycles. The molecule has 3 nitrogen and oxygen atoms in total. The van der Waals surface area contributed by atoms with Gasteiger partial charge in [0.05, 0.1) is 7.11 Å². The van der Waals surface area contributed by atoms with Crippen LogP contribution in [0, 0.1) is 0 Å². The summed E-state index contributed by atoms with van der Waals surface area (Å²) in [5.74, 6) is 1.85. The van der Waals surface area contributed by atoms with Crippen molar-refractivity contribution in [2.75, 3.05) is 7.11 Å². The summed E-state index contributed by atoms with van der Waals surface area (Å²) < 4.78 is 11.5. The third kappa shape index (κ3) is 2.93. The molecule has 0 amide bonds. The lowest BCUT2D eigenvalue weighted by Gasteiger charge is -2.25. The molecule has 0 saturated carbocycles. The van der Waals surface area contributed by atoms with Gasteiger partial charge in [0, 0.05) is 23.1 Å². The largest absolute Gasteiger partial charge is 0.496 e. The molecule has 0 aliphatic carbocycles. The highest BCUT2D eigenvalue weighted by molar-refractivity contribution is 5.40. The molecule has 1 unspecified atom stereocenters. The molecule has 0 bridgehead atoms. The van der Waals surface area contributed by atoms with E-state index in [-0.39, 0.29) is 6.10 Å². The van der Waals surface area contributed by atoms with Gasteiger partial charge in [0.25, 0.3) is 0 Å². The van der Waals surface area contributed by atoms with Crippen molar-refractivity contribution in [3.8, 4) is 11.5 Å². The van der Waals surface area contributed by atoms with Gasteiger partial charge in [-0.1, -0.05) is 36.4 Å². The van der Waals surface area contributed by atoms with Crippen molar-refractivity contribution < 1.29 is 9.47 Å². The summed E-state index contributed by atoms with van der Waals surface area (Å²) in [7, 11) is 1.68. The molecular formula is C19H21NO2. The summed E-state index contributed by atoms with van der Waals surface area (Å²) >= 11 is 0. The maximum atomic E-state index is 6.09. The van der Waals surface area contributed by atoms with Gasteiger partial charge in [0.15, 0.2) is 0 Å². The van der Waals surface area contributed by atoms with Gasteiger partial charge in [-0.2, -0.15) is 0 Å². The maximum Gasteiger partial charge on any atom is 0.126 e. The Labute approximate surface area is 130 Å². The summed E-state index contributed by atoms with van der Waals surface area (Å²) in [6, 6.07) is 14.2. The molecule has 1 aliphatic heterocycles. The van der Waals surface area contributed by atoms with E-state index >= 15 is 0 Å². The number of methoxy groups -OCH3 is 1. The molecule has 1 atom stereocenters. The smallest absolute Gasteiger partial charge is 0.126 e. The molecule has 0 saturated heterocycles. The molecule has 2 aromatic rings. The zero-order chi connectivity index (χ0) is 15.4. The summed E-state index contributed by atoms with van der Waals surface area (Å²) in [5, 5.41) is 2.02. The molecule has 0 aromatic heterocycles. The highest BCUT2D eigenvalue weighted by atomic mass is 16.5. The number of para-hydroxylation sites is 1. The van der Waals surface area contributed by atoms with E-state index < -0.39 is 0 Å². The first-order chi connectivity index (χ1) is 10.8. The van der Waals surface area contributed by atoms with Crippen LogP contribution in [0.4, 0.5) is 0 Å². The fourth-order valence-corrected chi connectivity index (χ4v) is 2.90. The number of aryl methyl sites for hydroxylation is 1. The molecule has 0 fully saturated rings. The average molecular weight is 295 g/mol. The normalized spacial score (nSPS) is 18.7. The first-order valence-corrected chi connectivity index (χ1v) is 7.61. The first-order valence-electron chi connectivity index (χ1n) is 7.61. The van der Waals surface area contributed by atoms with Crippen LogP contribution in [0.3, 0.4) is 0 Å². The average Bonchev–Trinajstić information content (AvgIpc) is 2.59. The number of fused-ring (bicyclic) bond motifs is 1. The van der Waals surface area contributed by atoms with Crippen LogP contribution in [0.2, 0.25) is 0 Å². The topological polar surface area (TPSA) is 44.5 Å². The van der Waals surface area contributed by atoms with E-state index in [0.717, 1.165) is 41.2 Å². The highest BCUT2D eigenvalue weighted by Gasteiger charge is 2.18. The minimum absolute atomic E-state index is 0.199. The van der Waals surface area contributed by atoms with E-state index in [9.17, 15) is 0 Å². The van der Waals surface area contributed by atoms with Crippen LogP contribution in [0.1, 0.15) is 18.4 Å². The van der Waals surface area contributed by atoms with Crippen LogP contribution in [-0.2, 0) is 6.42 Å². The standard InChI is InChI=1S/C19H21NO2/c1-21-19-8-4-6-15(13-20)17(19)12-11-16-10-9-14-5-2-3-7-18(14)22-16/h2-8,12-13,16H,9-11,20H2,1H3/b15-13-,17-12+. The number of hydrogen-bond donors (Lipinski definition) is 1. The van der Waals surface area contributed by atoms with Gasteiger partial charge in [-0.15, -0.1) is 0 Å². The Morgan fingerprint density at radius 3 is 2.91 bits per heavy atom. The van der Waals surface area contributed by atoms with Crippen molar-refractivity contribution in [3.05, 3.63) is 58.5 Å². The SMILES string of the molecule is COc1cccc(=C/N)/c1=C\CC1CCc2ccccc2O1. The minimum atomic E-state index is 0.199. The van der Waals surface area contributed by atoms with Crippen LogP contribution in [-0.4, -0.2) is 13.2 Å². The van der Waals surface area contributed by atoms with Gasteiger partial charge in [-0.25, -0.2) is 0 Å². The zero-order valence-corrected chi connectivity index (χ0v) is 12.8. The summed E-state index contributed by atoms with van der Waals surface area (Å²) in [5.41, 5.74) is 7.01. The predicted octanol–water partition coefficient (Wildman–Crippen LogP) is 1.96. The molecule has 2 aromatic carbocycles. The molecule has 3 heteroatoms.